The van der Waals surface area contributed by atoms with Gasteiger partial charge in [0.1, 0.15) is 5.82 Å². The molecule has 0 amide bonds. The van der Waals surface area contributed by atoms with Gasteiger partial charge in [0.2, 0.25) is 11.7 Å². The van der Waals surface area contributed by atoms with Crippen LogP contribution in [0, 0.1) is 6.92 Å². The highest BCUT2D eigenvalue weighted by Gasteiger charge is 2.16. The third kappa shape index (κ3) is 5.57. The summed E-state index contributed by atoms with van der Waals surface area (Å²) in [4.78, 5) is 9.36. The van der Waals surface area contributed by atoms with Gasteiger partial charge in [0.25, 0.3) is 0 Å². The lowest BCUT2D eigenvalue weighted by atomic mass is 9.96. The summed E-state index contributed by atoms with van der Waals surface area (Å²) >= 11 is 1.77. The van der Waals surface area contributed by atoms with Crippen LogP contribution in [0.5, 0.6) is 5.88 Å². The maximum Gasteiger partial charge on any atom is 0.220 e. The molecule has 2 aromatic heterocycles. The number of benzene rings is 2. The van der Waals surface area contributed by atoms with E-state index in [4.69, 9.17) is 9.72 Å². The number of ether oxygens (including phenoxy) is 1. The quantitative estimate of drug-likeness (QED) is 0.336. The maximum atomic E-state index is 6.07. The number of nitrogens with one attached hydrogen (secondary N) is 1. The second-order valence-electron chi connectivity index (χ2n) is 7.75. The lowest BCUT2D eigenvalue weighted by molar-refractivity contribution is 0.324. The molecule has 0 saturated carbocycles. The minimum absolute atomic E-state index is 0.586. The Morgan fingerprint density at radius 3 is 2.48 bits per heavy atom. The molecule has 0 bridgehead atoms. The summed E-state index contributed by atoms with van der Waals surface area (Å²) in [5.74, 6) is 2.99. The van der Waals surface area contributed by atoms with Gasteiger partial charge in [-0.1, -0.05) is 61.9 Å². The Hall–Kier alpha value is -3.26. The Balaban J connectivity index is 1.63. The van der Waals surface area contributed by atoms with Crippen molar-refractivity contribution in [3.05, 3.63) is 71.2 Å². The van der Waals surface area contributed by atoms with Gasteiger partial charge >= 0.3 is 0 Å². The number of rotatable bonds is 10. The molecule has 33 heavy (non-hydrogen) atoms. The van der Waals surface area contributed by atoms with Crippen LogP contribution < -0.4 is 4.74 Å². The fraction of sp³-hybridized carbons (Fsp3) is 0.320. The second-order valence-corrected chi connectivity index (χ2v) is 8.73. The highest BCUT2D eigenvalue weighted by Crippen LogP contribution is 2.31. The lowest BCUT2D eigenvalue weighted by Crippen LogP contribution is -2.10. The number of aromatic nitrogens is 6. The van der Waals surface area contributed by atoms with Gasteiger partial charge in [0.15, 0.2) is 0 Å². The number of H-pyrrole nitrogens is 1. The predicted molar refractivity (Wildman–Crippen MR) is 132 cm³/mol. The van der Waals surface area contributed by atoms with Crippen LogP contribution >= 0.6 is 11.8 Å². The molecule has 0 radical (unpaired) electrons. The Morgan fingerprint density at radius 2 is 1.79 bits per heavy atom. The smallest absolute Gasteiger partial charge is 0.220 e. The molecule has 4 rings (SSSR count). The summed E-state index contributed by atoms with van der Waals surface area (Å²) in [6.07, 6.45) is 4.75. The first-order valence-corrected chi connectivity index (χ1v) is 12.5. The van der Waals surface area contributed by atoms with E-state index in [0.29, 0.717) is 18.3 Å². The molecule has 2 heterocycles. The van der Waals surface area contributed by atoms with E-state index in [0.717, 1.165) is 58.8 Å². The molecule has 7 nitrogen and oxygen atoms in total. The highest BCUT2D eigenvalue weighted by atomic mass is 32.2. The van der Waals surface area contributed by atoms with Gasteiger partial charge in [-0.05, 0) is 41.5 Å². The van der Waals surface area contributed by atoms with E-state index in [1.807, 2.05) is 25.1 Å². The minimum Gasteiger partial charge on any atom is -0.476 e. The zero-order valence-corrected chi connectivity index (χ0v) is 20.0. The van der Waals surface area contributed by atoms with Crippen LogP contribution in [0.15, 0.2) is 48.5 Å². The van der Waals surface area contributed by atoms with Crippen LogP contribution in [-0.2, 0) is 12.8 Å². The molecule has 0 saturated heterocycles. The molecular formula is C25H28N6OS. The molecule has 0 aliphatic rings. The third-order valence-electron chi connectivity index (χ3n) is 5.34. The van der Waals surface area contributed by atoms with Gasteiger partial charge in [0.05, 0.1) is 12.3 Å². The molecular weight excluding hydrogens is 432 g/mol. The van der Waals surface area contributed by atoms with E-state index in [1.54, 1.807) is 11.8 Å². The van der Waals surface area contributed by atoms with E-state index in [2.05, 4.69) is 69.1 Å². The maximum absolute atomic E-state index is 6.07. The zero-order valence-electron chi connectivity index (χ0n) is 19.2. The number of thioether (sulfide) groups is 1. The predicted octanol–water partition coefficient (Wildman–Crippen LogP) is 4.92. The number of tetrazole rings is 1. The minimum atomic E-state index is 0.586. The summed E-state index contributed by atoms with van der Waals surface area (Å²) in [5.41, 5.74) is 6.47. The third-order valence-corrected chi connectivity index (χ3v) is 5.91. The molecule has 0 spiro atoms. The molecule has 1 N–H and O–H groups in total. The van der Waals surface area contributed by atoms with Crippen molar-refractivity contribution in [1.29, 1.82) is 0 Å². The van der Waals surface area contributed by atoms with Crippen LogP contribution in [0.1, 0.15) is 36.0 Å². The molecule has 0 unspecified atom stereocenters. The molecule has 0 atom stereocenters. The van der Waals surface area contributed by atoms with Crippen LogP contribution in [0.4, 0.5) is 0 Å². The van der Waals surface area contributed by atoms with Crippen molar-refractivity contribution in [1.82, 2.24) is 30.6 Å². The molecule has 4 aromatic rings. The van der Waals surface area contributed by atoms with Gasteiger partial charge in [-0.3, -0.25) is 0 Å². The van der Waals surface area contributed by atoms with E-state index in [9.17, 15) is 0 Å². The van der Waals surface area contributed by atoms with Gasteiger partial charge in [-0.15, -0.1) is 10.2 Å². The Morgan fingerprint density at radius 1 is 1.00 bits per heavy atom. The average Bonchev–Trinajstić information content (AvgIpc) is 3.37. The van der Waals surface area contributed by atoms with E-state index in [1.165, 1.54) is 5.56 Å². The zero-order chi connectivity index (χ0) is 23.0. The SMILES string of the molecule is CCCc1nc(C)nc(OCCSC)c1Cc1ccc(-c2ccccc2-c2nn[nH]n2)cc1. The molecule has 2 aromatic carbocycles. The topological polar surface area (TPSA) is 89.5 Å². The van der Waals surface area contributed by atoms with Crippen LogP contribution in [0.2, 0.25) is 0 Å². The lowest BCUT2D eigenvalue weighted by Gasteiger charge is -2.15. The number of hydrogen-bond donors (Lipinski definition) is 1. The summed E-state index contributed by atoms with van der Waals surface area (Å²) in [7, 11) is 0. The fourth-order valence-corrected chi connectivity index (χ4v) is 4.05. The van der Waals surface area contributed by atoms with Gasteiger partial charge < -0.3 is 4.74 Å². The first kappa shape index (κ1) is 22.9. The number of aryl methyl sites for hydroxylation is 2. The van der Waals surface area contributed by atoms with Crippen LogP contribution in [0.25, 0.3) is 22.5 Å². The monoisotopic (exact) mass is 460 g/mol. The van der Waals surface area contributed by atoms with Crippen molar-refractivity contribution in [2.45, 2.75) is 33.1 Å². The molecule has 8 heteroatoms. The van der Waals surface area contributed by atoms with E-state index < -0.39 is 0 Å². The Labute approximate surface area is 198 Å². The van der Waals surface area contributed by atoms with Crippen molar-refractivity contribution < 1.29 is 4.74 Å². The number of nitrogens with zero attached hydrogens (tertiary/aromatic N) is 5. The largest absolute Gasteiger partial charge is 0.476 e. The highest BCUT2D eigenvalue weighted by molar-refractivity contribution is 7.98. The standard InChI is InChI=1S/C25H28N6OS/c1-4-7-23-22(25(27-17(2)26-23)32-14-15-33-3)16-18-10-12-19(13-11-18)20-8-5-6-9-21(20)24-28-30-31-29-24/h5-6,8-13H,4,7,14-16H2,1-3H3,(H,28,29,30,31). The van der Waals surface area contributed by atoms with Crippen LogP contribution in [-0.4, -0.2) is 49.2 Å². The summed E-state index contributed by atoms with van der Waals surface area (Å²) in [6, 6.07) is 16.7. The second kappa shape index (κ2) is 11.0. The Bertz CT molecular complexity index is 1180. The first-order valence-electron chi connectivity index (χ1n) is 11.1. The van der Waals surface area contributed by atoms with Gasteiger partial charge in [0, 0.05) is 23.3 Å². The van der Waals surface area contributed by atoms with Crippen molar-refractivity contribution in [2.75, 3.05) is 18.6 Å². The number of hydrogen-bond acceptors (Lipinski definition) is 7. The van der Waals surface area contributed by atoms with Gasteiger partial charge in [-0.25, -0.2) is 4.98 Å². The molecule has 0 aliphatic carbocycles. The van der Waals surface area contributed by atoms with Crippen molar-refractivity contribution >= 4 is 11.8 Å². The van der Waals surface area contributed by atoms with Crippen molar-refractivity contribution in [3.63, 3.8) is 0 Å². The normalized spacial score (nSPS) is 11.0. The molecule has 170 valence electrons. The van der Waals surface area contributed by atoms with Crippen molar-refractivity contribution in [3.8, 4) is 28.4 Å². The fourth-order valence-electron chi connectivity index (χ4n) is 3.80. The van der Waals surface area contributed by atoms with Crippen molar-refractivity contribution in [2.24, 2.45) is 0 Å². The van der Waals surface area contributed by atoms with Gasteiger partial charge in [-0.2, -0.15) is 22.0 Å². The average molecular weight is 461 g/mol. The summed E-state index contributed by atoms with van der Waals surface area (Å²) in [6.45, 7) is 4.74. The summed E-state index contributed by atoms with van der Waals surface area (Å²) in [5, 5.41) is 14.5. The van der Waals surface area contributed by atoms with E-state index in [-0.39, 0.29) is 0 Å². The van der Waals surface area contributed by atoms with Crippen LogP contribution in [0.3, 0.4) is 0 Å². The molecule has 0 aliphatic heterocycles. The Kier molecular flexibility index (Phi) is 7.67. The first-order chi connectivity index (χ1) is 16.2. The van der Waals surface area contributed by atoms with E-state index >= 15 is 0 Å². The summed E-state index contributed by atoms with van der Waals surface area (Å²) < 4.78 is 6.07. The molecule has 0 fully saturated rings. The number of aromatic amines is 1.